The van der Waals surface area contributed by atoms with Gasteiger partial charge in [0, 0.05) is 6.20 Å². The number of aryl methyl sites for hydroxylation is 1. The summed E-state index contributed by atoms with van der Waals surface area (Å²) in [6.45, 7) is 1.84. The number of H-pyrrole nitrogens is 1. The van der Waals surface area contributed by atoms with Gasteiger partial charge < -0.3 is 0 Å². The summed E-state index contributed by atoms with van der Waals surface area (Å²) in [5.41, 5.74) is 1.34. The van der Waals surface area contributed by atoms with Crippen molar-refractivity contribution in [3.05, 3.63) is 24.2 Å². The van der Waals surface area contributed by atoms with Gasteiger partial charge in [-0.25, -0.2) is 4.98 Å². The van der Waals surface area contributed by atoms with E-state index in [9.17, 15) is 0 Å². The van der Waals surface area contributed by atoms with Crippen molar-refractivity contribution in [1.29, 1.82) is 0 Å². The van der Waals surface area contributed by atoms with Crippen molar-refractivity contribution in [1.82, 2.24) is 20.2 Å². The number of nitrogens with one attached hydrogen (secondary N) is 1. The Labute approximate surface area is 76.8 Å². The van der Waals surface area contributed by atoms with Crippen LogP contribution in [-0.2, 0) is 0 Å². The molecule has 2 rings (SSSR count). The zero-order valence-corrected chi connectivity index (χ0v) is 7.15. The van der Waals surface area contributed by atoms with Crippen LogP contribution in [-0.4, -0.2) is 28.0 Å². The Hall–Kier alpha value is -1.65. The largest absolute Gasteiger partial charge is 0.263 e. The molecule has 0 fully saturated rings. The summed E-state index contributed by atoms with van der Waals surface area (Å²) in [7, 11) is 5.60. The van der Waals surface area contributed by atoms with Crippen molar-refractivity contribution in [3.63, 3.8) is 0 Å². The van der Waals surface area contributed by atoms with E-state index in [1.54, 1.807) is 18.3 Å². The van der Waals surface area contributed by atoms with Gasteiger partial charge in [0.15, 0.2) is 5.82 Å². The lowest BCUT2D eigenvalue weighted by atomic mass is 9.97. The van der Waals surface area contributed by atoms with Gasteiger partial charge in [-0.1, -0.05) is 11.5 Å². The van der Waals surface area contributed by atoms with Crippen LogP contribution < -0.4 is 5.46 Å². The fourth-order valence-electron chi connectivity index (χ4n) is 1.03. The molecule has 13 heavy (non-hydrogen) atoms. The molecule has 62 valence electrons. The van der Waals surface area contributed by atoms with Crippen LogP contribution >= 0.6 is 0 Å². The number of aromatic amines is 1. The fraction of sp³-hybridized carbons (Fsp3) is 0.125. The molecule has 0 aliphatic carbocycles. The van der Waals surface area contributed by atoms with E-state index < -0.39 is 0 Å². The predicted octanol–water partition coefficient (Wildman–Crippen LogP) is -0.0311. The van der Waals surface area contributed by atoms with E-state index in [1.807, 2.05) is 6.92 Å². The monoisotopic (exact) mass is 170 g/mol. The maximum Gasteiger partial charge on any atom is 0.199 e. The van der Waals surface area contributed by atoms with Crippen LogP contribution in [0.5, 0.6) is 0 Å². The van der Waals surface area contributed by atoms with Gasteiger partial charge in [0.25, 0.3) is 0 Å². The van der Waals surface area contributed by atoms with Crippen molar-refractivity contribution < 1.29 is 0 Å². The van der Waals surface area contributed by atoms with E-state index in [0.29, 0.717) is 17.0 Å². The van der Waals surface area contributed by atoms with Crippen LogP contribution in [0, 0.1) is 6.92 Å². The summed E-state index contributed by atoms with van der Waals surface area (Å²) in [5, 5.41) is 6.72. The summed E-state index contributed by atoms with van der Waals surface area (Å²) in [6.07, 6.45) is 1.64. The molecular formula is C8H7BN4. The minimum atomic E-state index is 0.574. The summed E-state index contributed by atoms with van der Waals surface area (Å²) < 4.78 is 0. The summed E-state index contributed by atoms with van der Waals surface area (Å²) in [5.74, 6) is 1.34. The standard InChI is InChI=1S/C8H7BN4/c1-5-11-8(13-12-5)7-4-6(9)2-3-10-7/h2-4H,1H3,(H,11,12,13). The molecule has 0 atom stereocenters. The lowest BCUT2D eigenvalue weighted by molar-refractivity contribution is 1.04. The molecule has 5 heteroatoms. The van der Waals surface area contributed by atoms with Crippen molar-refractivity contribution in [2.45, 2.75) is 6.92 Å². The third-order valence-corrected chi connectivity index (χ3v) is 1.61. The zero-order chi connectivity index (χ0) is 9.26. The molecule has 0 saturated carbocycles. The van der Waals surface area contributed by atoms with Crippen LogP contribution in [0.25, 0.3) is 11.5 Å². The van der Waals surface area contributed by atoms with Gasteiger partial charge in [-0.3, -0.25) is 10.1 Å². The molecule has 0 aliphatic rings. The summed E-state index contributed by atoms with van der Waals surface area (Å²) in [4.78, 5) is 8.24. The molecule has 0 unspecified atom stereocenters. The summed E-state index contributed by atoms with van der Waals surface area (Å²) in [6, 6.07) is 3.46. The Morgan fingerprint density at radius 1 is 1.46 bits per heavy atom. The van der Waals surface area contributed by atoms with Crippen molar-refractivity contribution in [2.24, 2.45) is 0 Å². The van der Waals surface area contributed by atoms with Crippen LogP contribution in [0.15, 0.2) is 18.3 Å². The van der Waals surface area contributed by atoms with Crippen molar-refractivity contribution in [2.75, 3.05) is 0 Å². The Morgan fingerprint density at radius 2 is 2.31 bits per heavy atom. The molecule has 0 amide bonds. The van der Waals surface area contributed by atoms with E-state index in [4.69, 9.17) is 7.85 Å². The third-order valence-electron chi connectivity index (χ3n) is 1.61. The van der Waals surface area contributed by atoms with Crippen molar-refractivity contribution in [3.8, 4) is 11.5 Å². The molecule has 2 aromatic rings. The highest BCUT2D eigenvalue weighted by atomic mass is 15.2. The number of hydrogen-bond acceptors (Lipinski definition) is 3. The molecule has 2 radical (unpaired) electrons. The highest BCUT2D eigenvalue weighted by molar-refractivity contribution is 6.32. The topological polar surface area (TPSA) is 54.5 Å². The van der Waals surface area contributed by atoms with Gasteiger partial charge in [-0.2, -0.15) is 5.10 Å². The first-order valence-electron chi connectivity index (χ1n) is 3.86. The Bertz CT molecular complexity index is 424. The normalized spacial score (nSPS) is 10.2. The van der Waals surface area contributed by atoms with Crippen molar-refractivity contribution >= 4 is 13.3 Å². The van der Waals surface area contributed by atoms with E-state index in [1.165, 1.54) is 0 Å². The zero-order valence-electron chi connectivity index (χ0n) is 7.15. The molecule has 0 aliphatic heterocycles. The number of nitrogens with zero attached hydrogens (tertiary/aromatic N) is 3. The van der Waals surface area contributed by atoms with Crippen LogP contribution in [0.1, 0.15) is 5.82 Å². The van der Waals surface area contributed by atoms with E-state index in [0.717, 1.165) is 5.82 Å². The second-order valence-electron chi connectivity index (χ2n) is 2.72. The molecule has 0 spiro atoms. The van der Waals surface area contributed by atoms with Gasteiger partial charge in [0.2, 0.25) is 0 Å². The van der Waals surface area contributed by atoms with Crippen LogP contribution in [0.3, 0.4) is 0 Å². The fourth-order valence-corrected chi connectivity index (χ4v) is 1.03. The molecule has 0 aromatic carbocycles. The number of pyridine rings is 1. The second kappa shape index (κ2) is 3.01. The highest BCUT2D eigenvalue weighted by Crippen LogP contribution is 2.07. The SMILES string of the molecule is [B]c1ccnc(-c2n[nH]c(C)n2)c1. The Balaban J connectivity index is 2.46. The average molecular weight is 170 g/mol. The average Bonchev–Trinajstić information content (AvgIpc) is 2.52. The predicted molar refractivity (Wildman–Crippen MR) is 49.7 cm³/mol. The molecule has 4 nitrogen and oxygen atoms in total. The maximum atomic E-state index is 5.60. The minimum absolute atomic E-state index is 0.574. The van der Waals surface area contributed by atoms with E-state index in [-0.39, 0.29) is 0 Å². The number of rotatable bonds is 1. The summed E-state index contributed by atoms with van der Waals surface area (Å²) >= 11 is 0. The number of hydrogen-bond donors (Lipinski definition) is 1. The Kier molecular flexibility index (Phi) is 1.85. The smallest absolute Gasteiger partial charge is 0.199 e. The first kappa shape index (κ1) is 7.98. The molecule has 0 saturated heterocycles. The van der Waals surface area contributed by atoms with Gasteiger partial charge in [-0.15, -0.1) is 0 Å². The Morgan fingerprint density at radius 3 is 2.92 bits per heavy atom. The first-order chi connectivity index (χ1) is 6.25. The van der Waals surface area contributed by atoms with Gasteiger partial charge in [0.1, 0.15) is 19.4 Å². The molecule has 2 aromatic heterocycles. The second-order valence-corrected chi connectivity index (χ2v) is 2.72. The molecule has 1 N–H and O–H groups in total. The number of aromatic nitrogens is 4. The quantitative estimate of drug-likeness (QED) is 0.611. The highest BCUT2D eigenvalue weighted by Gasteiger charge is 2.03. The lowest BCUT2D eigenvalue weighted by Gasteiger charge is -1.94. The first-order valence-corrected chi connectivity index (χ1v) is 3.86. The van der Waals surface area contributed by atoms with Crippen LogP contribution in [0.2, 0.25) is 0 Å². The van der Waals surface area contributed by atoms with E-state index >= 15 is 0 Å². The van der Waals surface area contributed by atoms with Gasteiger partial charge >= 0.3 is 0 Å². The van der Waals surface area contributed by atoms with Gasteiger partial charge in [0.05, 0.1) is 0 Å². The van der Waals surface area contributed by atoms with Gasteiger partial charge in [-0.05, 0) is 13.0 Å². The third kappa shape index (κ3) is 1.59. The molecular weight excluding hydrogens is 163 g/mol. The lowest BCUT2D eigenvalue weighted by Crippen LogP contribution is -2.02. The van der Waals surface area contributed by atoms with E-state index in [2.05, 4.69) is 20.2 Å². The van der Waals surface area contributed by atoms with Crippen LogP contribution in [0.4, 0.5) is 0 Å². The minimum Gasteiger partial charge on any atom is -0.263 e. The molecule has 0 bridgehead atoms. The maximum absolute atomic E-state index is 5.60. The molecule has 2 heterocycles.